The van der Waals surface area contributed by atoms with Crippen molar-refractivity contribution < 1.29 is 76.9 Å². The molecule has 7 amide bonds. The van der Waals surface area contributed by atoms with Crippen LogP contribution in [0.5, 0.6) is 23.0 Å². The first kappa shape index (κ1) is 62.9. The molecule has 23 nitrogen and oxygen atoms in total. The number of anilines is 3. The van der Waals surface area contributed by atoms with Gasteiger partial charge >= 0.3 is 18.3 Å². The van der Waals surface area contributed by atoms with Crippen molar-refractivity contribution in [3.63, 3.8) is 0 Å². The van der Waals surface area contributed by atoms with E-state index in [0.29, 0.717) is 36.9 Å². The second-order valence-corrected chi connectivity index (χ2v) is 21.9. The molecular formula is C65H73N7O16. The number of hydrogen-bond acceptors (Lipinski definition) is 16. The number of aliphatic hydroxyl groups excluding tert-OH is 2. The fraction of sp³-hybridized carbons (Fsp3) is 0.369. The number of nitrogens with one attached hydrogen (secondary N) is 3. The molecule has 0 bridgehead atoms. The maximum absolute atomic E-state index is 14.7. The number of amides is 7. The van der Waals surface area contributed by atoms with Gasteiger partial charge in [-0.3, -0.25) is 19.2 Å². The standard InChI is InChI=1S/C65H73N7O16/c1-8-25-86-63(79)68-56(38(3)4)58(74)66-39(5)57(73)67-45-23-21-40(22-24-45)37-88-65(81)72-49-34-55(53(83-7)32-47(49)60(76)70-36-44-20-14-12-18-42(44)30-51(70)62(72)78)85-28-16-10-15-27-84-54-33-48-46(31-52(54)82-6)59(75)69-35-43-19-13-11-17-41(43)29-50(69)61(77)71(48)64(80)87-26-9-2/h8-9,11-14,17-24,31-34,38-39,50-51,56,61-62,77-78H,1-2,10,15-16,25-30,35-37H2,3-7H3,(H,66,74)(H,67,73)(H,68,79)/t39-,50-,51-,56-,61?,62?/m0/s1. The topological polar surface area (TPSA) is 274 Å². The zero-order chi connectivity index (χ0) is 62.8. The molecule has 0 saturated heterocycles. The highest BCUT2D eigenvalue weighted by molar-refractivity contribution is 6.07. The Balaban J connectivity index is 0.858. The molecule has 5 aromatic rings. The molecule has 5 N–H and O–H groups in total. The van der Waals surface area contributed by atoms with Crippen molar-refractivity contribution in [2.45, 2.75) is 109 Å². The average Bonchev–Trinajstić information content (AvgIpc) is 1.63. The Hall–Kier alpha value is -9.61. The normalized spacial score (nSPS) is 18.0. The number of carbonyl (C=O) groups excluding carboxylic acids is 7. The van der Waals surface area contributed by atoms with E-state index in [2.05, 4.69) is 29.1 Å². The van der Waals surface area contributed by atoms with Crippen LogP contribution in [0.3, 0.4) is 0 Å². The summed E-state index contributed by atoms with van der Waals surface area (Å²) in [7, 11) is 2.87. The monoisotopic (exact) mass is 1210 g/mol. The molecule has 0 spiro atoms. The number of rotatable bonds is 22. The summed E-state index contributed by atoms with van der Waals surface area (Å²) in [5, 5.41) is 32.1. The first-order valence-corrected chi connectivity index (χ1v) is 29.0. The Morgan fingerprint density at radius 1 is 0.602 bits per heavy atom. The number of methoxy groups -OCH3 is 2. The Morgan fingerprint density at radius 2 is 1.08 bits per heavy atom. The maximum atomic E-state index is 14.7. The lowest BCUT2D eigenvalue weighted by Crippen LogP contribution is -2.55. The maximum Gasteiger partial charge on any atom is 0.416 e. The summed E-state index contributed by atoms with van der Waals surface area (Å²) in [6.45, 7) is 12.4. The Kier molecular flexibility index (Phi) is 20.2. The number of fused-ring (bicyclic) bond motifs is 6. The number of ether oxygens (including phenoxy) is 7. The van der Waals surface area contributed by atoms with E-state index in [0.717, 1.165) is 32.1 Å². The number of nitrogens with zero attached hydrogens (tertiary/aromatic N) is 4. The highest BCUT2D eigenvalue weighted by atomic mass is 16.6. The van der Waals surface area contributed by atoms with Gasteiger partial charge in [0.05, 0.1) is 62.0 Å². The van der Waals surface area contributed by atoms with E-state index in [-0.39, 0.29) is 104 Å². The third-order valence-electron chi connectivity index (χ3n) is 15.8. The summed E-state index contributed by atoms with van der Waals surface area (Å²) >= 11 is 0. The fourth-order valence-corrected chi connectivity index (χ4v) is 11.1. The van der Waals surface area contributed by atoms with E-state index in [1.54, 1.807) is 47.9 Å². The Bertz CT molecular complexity index is 3450. The van der Waals surface area contributed by atoms with Gasteiger partial charge in [-0.05, 0) is 97.0 Å². The predicted octanol–water partition coefficient (Wildman–Crippen LogP) is 7.78. The van der Waals surface area contributed by atoms with Crippen molar-refractivity contribution >= 4 is 59.0 Å². The van der Waals surface area contributed by atoms with Gasteiger partial charge in [0.1, 0.15) is 31.9 Å². The van der Waals surface area contributed by atoms with E-state index < -0.39 is 78.5 Å². The smallest absolute Gasteiger partial charge is 0.416 e. The quantitative estimate of drug-likeness (QED) is 0.0251. The SMILES string of the molecule is C=CCOC(=O)N[C@H](C(=O)N[C@@H](C)C(=O)Nc1ccc(COC(=O)N2c3cc(OCCCCCOc4cc5c(cc4OC)C(=O)N4Cc6ccccc6C[C@H]4C(O)N5C(=O)OCC=C)c(OC)cc3C(=O)N3Cc4ccccc4C[C@H]3C2O)cc1)C(C)C. The number of carbonyl (C=O) groups is 7. The van der Waals surface area contributed by atoms with Crippen molar-refractivity contribution in [3.8, 4) is 23.0 Å². The average molecular weight is 1210 g/mol. The van der Waals surface area contributed by atoms with Crippen LogP contribution < -0.4 is 44.7 Å². The first-order chi connectivity index (χ1) is 42.4. The van der Waals surface area contributed by atoms with Crippen LogP contribution in [0.4, 0.5) is 31.4 Å². The number of unbranched alkanes of at least 4 members (excludes halogenated alkanes) is 2. The summed E-state index contributed by atoms with van der Waals surface area (Å²) in [5.41, 5.74) is 4.90. The van der Waals surface area contributed by atoms with Gasteiger partial charge in [-0.2, -0.15) is 0 Å². The van der Waals surface area contributed by atoms with E-state index in [4.69, 9.17) is 33.2 Å². The summed E-state index contributed by atoms with van der Waals surface area (Å²) in [6.07, 6.45) is -0.756. The summed E-state index contributed by atoms with van der Waals surface area (Å²) in [5.74, 6) is -1.44. The lowest BCUT2D eigenvalue weighted by molar-refractivity contribution is -0.128. The van der Waals surface area contributed by atoms with Gasteiger partial charge in [0.15, 0.2) is 35.5 Å². The second kappa shape index (κ2) is 28.3. The molecule has 0 aromatic heterocycles. The summed E-state index contributed by atoms with van der Waals surface area (Å²) in [6, 6.07) is 24.0. The Labute approximate surface area is 509 Å². The van der Waals surface area contributed by atoms with Crippen molar-refractivity contribution in [2.75, 3.05) is 55.8 Å². The van der Waals surface area contributed by atoms with Gasteiger partial charge in [-0.25, -0.2) is 24.2 Å². The van der Waals surface area contributed by atoms with E-state index >= 15 is 0 Å². The van der Waals surface area contributed by atoms with Crippen LogP contribution in [0.1, 0.15) is 88.6 Å². The molecule has 2 unspecified atom stereocenters. The third-order valence-corrected chi connectivity index (χ3v) is 15.8. The summed E-state index contributed by atoms with van der Waals surface area (Å²) in [4.78, 5) is 101. The molecule has 4 aliphatic rings. The highest BCUT2D eigenvalue weighted by Crippen LogP contribution is 2.44. The number of benzene rings is 5. The lowest BCUT2D eigenvalue weighted by atomic mass is 9.93. The fourth-order valence-electron chi connectivity index (χ4n) is 11.1. The molecule has 4 aliphatic heterocycles. The second-order valence-electron chi connectivity index (χ2n) is 21.9. The molecule has 0 fully saturated rings. The molecule has 88 heavy (non-hydrogen) atoms. The van der Waals surface area contributed by atoms with E-state index in [9.17, 15) is 43.8 Å². The molecule has 9 rings (SSSR count). The van der Waals surface area contributed by atoms with Crippen LogP contribution in [0.2, 0.25) is 0 Å². The molecule has 5 aromatic carbocycles. The molecular weight excluding hydrogens is 1130 g/mol. The minimum absolute atomic E-state index is 0.0325. The minimum atomic E-state index is -1.58. The number of alkyl carbamates (subject to hydrolysis) is 1. The Morgan fingerprint density at radius 3 is 1.56 bits per heavy atom. The number of hydrogen-bond donors (Lipinski definition) is 5. The van der Waals surface area contributed by atoms with Gasteiger partial charge in [0.25, 0.3) is 11.8 Å². The predicted molar refractivity (Wildman–Crippen MR) is 323 cm³/mol. The third kappa shape index (κ3) is 13.8. The zero-order valence-corrected chi connectivity index (χ0v) is 49.7. The van der Waals surface area contributed by atoms with Crippen LogP contribution in [0.15, 0.2) is 122 Å². The molecule has 4 heterocycles. The van der Waals surface area contributed by atoms with Crippen LogP contribution in [-0.4, -0.2) is 139 Å². The largest absolute Gasteiger partial charge is 0.493 e. The highest BCUT2D eigenvalue weighted by Gasteiger charge is 2.47. The van der Waals surface area contributed by atoms with Gasteiger partial charge < -0.3 is 69.1 Å². The van der Waals surface area contributed by atoms with Crippen molar-refractivity contribution in [1.29, 1.82) is 0 Å². The van der Waals surface area contributed by atoms with Crippen LogP contribution in [0, 0.1) is 5.92 Å². The van der Waals surface area contributed by atoms with E-state index in [1.807, 2.05) is 48.5 Å². The van der Waals surface area contributed by atoms with Gasteiger partial charge in [-0.15, -0.1) is 0 Å². The van der Waals surface area contributed by atoms with Gasteiger partial charge in [0.2, 0.25) is 11.8 Å². The minimum Gasteiger partial charge on any atom is -0.493 e. The molecule has 0 saturated carbocycles. The molecule has 6 atom stereocenters. The van der Waals surface area contributed by atoms with Crippen LogP contribution >= 0.6 is 0 Å². The van der Waals surface area contributed by atoms with Crippen molar-refractivity contribution in [3.05, 3.63) is 161 Å². The lowest BCUT2D eigenvalue weighted by Gasteiger charge is -2.39. The van der Waals surface area contributed by atoms with Crippen LogP contribution in [-0.2, 0) is 56.3 Å². The van der Waals surface area contributed by atoms with Gasteiger partial charge in [-0.1, -0.05) is 99.8 Å². The van der Waals surface area contributed by atoms with E-state index in [1.165, 1.54) is 57.6 Å². The molecule has 464 valence electrons. The van der Waals surface area contributed by atoms with Gasteiger partial charge in [0, 0.05) is 30.9 Å². The van der Waals surface area contributed by atoms with Crippen molar-refractivity contribution in [2.24, 2.45) is 5.92 Å². The zero-order valence-electron chi connectivity index (χ0n) is 49.7. The number of aliphatic hydroxyl groups is 2. The van der Waals surface area contributed by atoms with Crippen molar-refractivity contribution in [1.82, 2.24) is 20.4 Å². The molecule has 0 aliphatic carbocycles. The summed E-state index contributed by atoms with van der Waals surface area (Å²) < 4.78 is 40.3. The molecule has 0 radical (unpaired) electrons. The van der Waals surface area contributed by atoms with Crippen LogP contribution in [0.25, 0.3) is 0 Å². The first-order valence-electron chi connectivity index (χ1n) is 29.0. The molecule has 23 heteroatoms.